The molecule has 1 aliphatic rings. The number of hydrogen-bond donors (Lipinski definition) is 1. The molecule has 0 saturated carbocycles. The average Bonchev–Trinajstić information content (AvgIpc) is 2.68. The maximum absolute atomic E-state index is 13.5. The fourth-order valence-electron chi connectivity index (χ4n) is 2.84. The Morgan fingerprint density at radius 3 is 2.68 bits per heavy atom. The van der Waals surface area contributed by atoms with Gasteiger partial charge in [0.15, 0.2) is 17.5 Å². The molecule has 1 N–H and O–H groups in total. The second kappa shape index (κ2) is 8.04. The molecule has 0 atom stereocenters. The number of aryl methyl sites for hydroxylation is 1. The van der Waals surface area contributed by atoms with Crippen LogP contribution in [-0.2, 0) is 7.05 Å². The van der Waals surface area contributed by atoms with Crippen molar-refractivity contribution in [1.29, 1.82) is 5.26 Å². The van der Waals surface area contributed by atoms with E-state index in [4.69, 9.17) is 10.00 Å². The van der Waals surface area contributed by atoms with E-state index in [9.17, 15) is 18.4 Å². The first-order chi connectivity index (χ1) is 13.4. The Balaban J connectivity index is 1.56. The number of carbonyl (C=O) groups excluding carboxylic acids is 1. The van der Waals surface area contributed by atoms with E-state index in [1.54, 1.807) is 11.0 Å². The zero-order valence-corrected chi connectivity index (χ0v) is 15.0. The quantitative estimate of drug-likeness (QED) is 0.866. The standard InChI is InChI=1S/C18H17F2N5O3/c1-24-16(26)3-2-15(23-24)22-18(27)25-6-4-12(5-7-25)28-13-8-11(10-21)17(20)14(19)9-13/h2-3,8-9,12H,4-7H2,1H3,(H,22,23,27). The number of carbonyl (C=O) groups is 1. The zero-order chi connectivity index (χ0) is 20.3. The lowest BCUT2D eigenvalue weighted by Gasteiger charge is -2.32. The van der Waals surface area contributed by atoms with Crippen LogP contribution in [0.2, 0.25) is 0 Å². The first-order valence-electron chi connectivity index (χ1n) is 8.53. The van der Waals surface area contributed by atoms with Crippen molar-refractivity contribution in [3.8, 4) is 11.8 Å². The third kappa shape index (κ3) is 4.25. The lowest BCUT2D eigenvalue weighted by molar-refractivity contribution is 0.115. The minimum Gasteiger partial charge on any atom is -0.490 e. The number of likely N-dealkylation sites (tertiary alicyclic amines) is 1. The molecule has 0 spiro atoms. The third-order valence-corrected chi connectivity index (χ3v) is 4.35. The molecule has 146 valence electrons. The van der Waals surface area contributed by atoms with Gasteiger partial charge in [-0.15, -0.1) is 0 Å². The van der Waals surface area contributed by atoms with Gasteiger partial charge in [-0.05, 0) is 6.07 Å². The number of amides is 2. The second-order valence-corrected chi connectivity index (χ2v) is 6.29. The van der Waals surface area contributed by atoms with E-state index in [2.05, 4.69) is 10.4 Å². The Morgan fingerprint density at radius 2 is 2.04 bits per heavy atom. The van der Waals surface area contributed by atoms with Gasteiger partial charge < -0.3 is 9.64 Å². The minimum atomic E-state index is -1.20. The largest absolute Gasteiger partial charge is 0.490 e. The van der Waals surface area contributed by atoms with Gasteiger partial charge in [0.05, 0.1) is 5.56 Å². The average molecular weight is 389 g/mol. The number of rotatable bonds is 3. The van der Waals surface area contributed by atoms with Gasteiger partial charge in [0, 0.05) is 51.2 Å². The van der Waals surface area contributed by atoms with Crippen molar-refractivity contribution in [3.05, 3.63) is 51.8 Å². The van der Waals surface area contributed by atoms with Gasteiger partial charge in [-0.1, -0.05) is 0 Å². The molecular formula is C18H17F2N5O3. The first kappa shape index (κ1) is 19.3. The molecule has 0 unspecified atom stereocenters. The number of benzene rings is 1. The van der Waals surface area contributed by atoms with E-state index in [0.717, 1.165) is 16.8 Å². The summed E-state index contributed by atoms with van der Waals surface area (Å²) in [5, 5.41) is 15.4. The van der Waals surface area contributed by atoms with Gasteiger partial charge in [0.25, 0.3) is 5.56 Å². The number of ether oxygens (including phenoxy) is 1. The molecule has 8 nitrogen and oxygen atoms in total. The maximum atomic E-state index is 13.5. The number of aromatic nitrogens is 2. The van der Waals surface area contributed by atoms with Crippen molar-refractivity contribution < 1.29 is 18.3 Å². The summed E-state index contributed by atoms with van der Waals surface area (Å²) in [4.78, 5) is 25.2. The van der Waals surface area contributed by atoms with Crippen molar-refractivity contribution in [3.63, 3.8) is 0 Å². The van der Waals surface area contributed by atoms with Crippen molar-refractivity contribution in [2.45, 2.75) is 18.9 Å². The molecule has 3 rings (SSSR count). The number of nitriles is 1. The molecule has 2 amide bonds. The molecule has 1 aromatic heterocycles. The maximum Gasteiger partial charge on any atom is 0.323 e. The molecule has 1 fully saturated rings. The van der Waals surface area contributed by atoms with Gasteiger partial charge in [-0.3, -0.25) is 10.1 Å². The topological polar surface area (TPSA) is 100 Å². The summed E-state index contributed by atoms with van der Waals surface area (Å²) < 4.78 is 33.7. The molecular weight excluding hydrogens is 372 g/mol. The highest BCUT2D eigenvalue weighted by molar-refractivity contribution is 5.88. The van der Waals surface area contributed by atoms with Crippen LogP contribution in [0.5, 0.6) is 5.75 Å². The minimum absolute atomic E-state index is 0.0766. The van der Waals surface area contributed by atoms with Crippen LogP contribution in [0.1, 0.15) is 18.4 Å². The number of anilines is 1. The summed E-state index contributed by atoms with van der Waals surface area (Å²) in [6.07, 6.45) is 0.667. The summed E-state index contributed by atoms with van der Waals surface area (Å²) in [6.45, 7) is 0.772. The lowest BCUT2D eigenvalue weighted by Crippen LogP contribution is -2.44. The molecule has 10 heteroatoms. The summed E-state index contributed by atoms with van der Waals surface area (Å²) in [7, 11) is 1.48. The Bertz CT molecular complexity index is 994. The van der Waals surface area contributed by atoms with Crippen molar-refractivity contribution in [1.82, 2.24) is 14.7 Å². The highest BCUT2D eigenvalue weighted by Gasteiger charge is 2.25. The molecule has 1 aliphatic heterocycles. The number of piperidine rings is 1. The smallest absolute Gasteiger partial charge is 0.323 e. The van der Waals surface area contributed by atoms with Crippen LogP contribution in [0.15, 0.2) is 29.1 Å². The first-order valence-corrected chi connectivity index (χ1v) is 8.53. The van der Waals surface area contributed by atoms with Gasteiger partial charge in [-0.2, -0.15) is 10.4 Å². The molecule has 2 aromatic rings. The molecule has 0 radical (unpaired) electrons. The lowest BCUT2D eigenvalue weighted by atomic mass is 10.1. The van der Waals surface area contributed by atoms with E-state index in [0.29, 0.717) is 25.9 Å². The predicted molar refractivity (Wildman–Crippen MR) is 94.8 cm³/mol. The van der Waals surface area contributed by atoms with Crippen LogP contribution in [0, 0.1) is 23.0 Å². The zero-order valence-electron chi connectivity index (χ0n) is 15.0. The number of nitrogens with zero attached hydrogens (tertiary/aromatic N) is 4. The summed E-state index contributed by atoms with van der Waals surface area (Å²) >= 11 is 0. The van der Waals surface area contributed by atoms with Crippen LogP contribution in [-0.4, -0.2) is 39.9 Å². The fourth-order valence-corrected chi connectivity index (χ4v) is 2.84. The molecule has 2 heterocycles. The van der Waals surface area contributed by atoms with Gasteiger partial charge in [0.2, 0.25) is 0 Å². The van der Waals surface area contributed by atoms with Gasteiger partial charge in [-0.25, -0.2) is 18.3 Å². The second-order valence-electron chi connectivity index (χ2n) is 6.29. The van der Waals surface area contributed by atoms with Gasteiger partial charge >= 0.3 is 6.03 Å². The highest BCUT2D eigenvalue weighted by atomic mass is 19.2. The SMILES string of the molecule is Cn1nc(NC(=O)N2CCC(Oc3cc(F)c(F)c(C#N)c3)CC2)ccc1=O. The molecule has 1 saturated heterocycles. The van der Waals surface area contributed by atoms with Crippen LogP contribution in [0.3, 0.4) is 0 Å². The van der Waals surface area contributed by atoms with Crippen LogP contribution in [0.25, 0.3) is 0 Å². The third-order valence-electron chi connectivity index (χ3n) is 4.35. The molecule has 0 aliphatic carbocycles. The van der Waals surface area contributed by atoms with E-state index in [1.165, 1.54) is 19.2 Å². The van der Waals surface area contributed by atoms with E-state index >= 15 is 0 Å². The molecule has 0 bridgehead atoms. The van der Waals surface area contributed by atoms with E-state index in [-0.39, 0.29) is 29.3 Å². The number of nitrogens with one attached hydrogen (secondary N) is 1. The Morgan fingerprint density at radius 1 is 1.32 bits per heavy atom. The van der Waals surface area contributed by atoms with Crippen molar-refractivity contribution in [2.24, 2.45) is 7.05 Å². The predicted octanol–water partition coefficient (Wildman–Crippen LogP) is 2.01. The Labute approximate surface area is 158 Å². The normalized spacial score (nSPS) is 14.4. The van der Waals surface area contributed by atoms with Crippen molar-refractivity contribution >= 4 is 11.8 Å². The number of urea groups is 1. The van der Waals surface area contributed by atoms with Crippen LogP contribution >= 0.6 is 0 Å². The number of hydrogen-bond acceptors (Lipinski definition) is 5. The van der Waals surface area contributed by atoms with Crippen LogP contribution in [0.4, 0.5) is 19.4 Å². The van der Waals surface area contributed by atoms with Crippen LogP contribution < -0.4 is 15.6 Å². The molecule has 1 aromatic carbocycles. The monoisotopic (exact) mass is 389 g/mol. The number of halogens is 2. The van der Waals surface area contributed by atoms with E-state index in [1.807, 2.05) is 0 Å². The highest BCUT2D eigenvalue weighted by Crippen LogP contribution is 2.24. The summed E-state index contributed by atoms with van der Waals surface area (Å²) in [6, 6.07) is 6.01. The summed E-state index contributed by atoms with van der Waals surface area (Å²) in [5.74, 6) is -2.01. The van der Waals surface area contributed by atoms with Crippen molar-refractivity contribution in [2.75, 3.05) is 18.4 Å². The Kier molecular flexibility index (Phi) is 5.54. The van der Waals surface area contributed by atoms with E-state index < -0.39 is 17.2 Å². The van der Waals surface area contributed by atoms with Gasteiger partial charge in [0.1, 0.15) is 17.9 Å². The summed E-state index contributed by atoms with van der Waals surface area (Å²) in [5.41, 5.74) is -0.704. The molecule has 28 heavy (non-hydrogen) atoms. The Hall–Kier alpha value is -3.48. The fraction of sp³-hybridized carbons (Fsp3) is 0.333.